The van der Waals surface area contributed by atoms with Crippen LogP contribution in [0.25, 0.3) is 0 Å². The Kier molecular flexibility index (Phi) is 2.31. The first-order valence-electron chi connectivity index (χ1n) is 2.72. The minimum atomic E-state index is -0.0825. The number of hydrogen-bond acceptors (Lipinski definition) is 6. The summed E-state index contributed by atoms with van der Waals surface area (Å²) in [5, 5.41) is 23.8. The number of nitrogens with zero attached hydrogens (tertiary/aromatic N) is 6. The lowest BCUT2D eigenvalue weighted by Crippen LogP contribution is -2.09. The zero-order chi connectivity index (χ0) is 8.10. The van der Waals surface area contributed by atoms with E-state index in [2.05, 4.69) is 25.6 Å². The molecule has 60 valence electrons. The third-order valence-electron chi connectivity index (χ3n) is 0.830. The molecule has 0 N–H and O–H groups in total. The van der Waals surface area contributed by atoms with Crippen molar-refractivity contribution < 1.29 is 9.70 Å². The normalized spacial score (nSPS) is 11.5. The van der Waals surface area contributed by atoms with Crippen LogP contribution in [0, 0.1) is 5.21 Å². The van der Waals surface area contributed by atoms with Gasteiger partial charge in [-0.25, -0.2) is 0 Å². The Morgan fingerprint density at radius 1 is 1.82 bits per heavy atom. The highest BCUT2D eigenvalue weighted by Gasteiger charge is 1.98. The van der Waals surface area contributed by atoms with Crippen molar-refractivity contribution in [3.05, 3.63) is 11.5 Å². The topological polar surface area (TPSA) is 91.3 Å². The van der Waals surface area contributed by atoms with E-state index in [9.17, 15) is 5.21 Å². The lowest BCUT2D eigenvalue weighted by atomic mass is 11.1. The van der Waals surface area contributed by atoms with Gasteiger partial charge < -0.3 is 10.0 Å². The fourth-order valence-electron chi connectivity index (χ4n) is 0.486. The molecule has 0 amide bonds. The summed E-state index contributed by atoms with van der Waals surface area (Å²) in [7, 11) is 1.28. The summed E-state index contributed by atoms with van der Waals surface area (Å²) in [6.45, 7) is -0.0825. The monoisotopic (exact) mass is 158 g/mol. The summed E-state index contributed by atoms with van der Waals surface area (Å²) < 4.78 is 1.22. The van der Waals surface area contributed by atoms with E-state index in [0.29, 0.717) is 4.86 Å². The highest BCUT2D eigenvalue weighted by atomic mass is 16.7. The molecule has 0 aliphatic carbocycles. The average Bonchev–Trinajstić information content (AvgIpc) is 2.40. The fourth-order valence-corrected chi connectivity index (χ4v) is 0.486. The molecule has 1 aromatic heterocycles. The van der Waals surface area contributed by atoms with Crippen molar-refractivity contribution >= 4 is 0 Å². The predicted octanol–water partition coefficient (Wildman–Crippen LogP) is -0.846. The number of hydroxylamine groups is 1. The summed E-state index contributed by atoms with van der Waals surface area (Å²) in [5.74, 6) is 0. The summed E-state index contributed by atoms with van der Waals surface area (Å²) in [6, 6.07) is 0. The van der Waals surface area contributed by atoms with Crippen molar-refractivity contribution in [3.63, 3.8) is 0 Å². The molecule has 8 heteroatoms. The van der Waals surface area contributed by atoms with E-state index in [1.807, 2.05) is 0 Å². The van der Waals surface area contributed by atoms with Gasteiger partial charge in [-0.1, -0.05) is 0 Å². The molecule has 0 bridgehead atoms. The first-order chi connectivity index (χ1) is 5.33. The molecule has 1 heterocycles. The highest BCUT2D eigenvalue weighted by Crippen LogP contribution is 1.81. The Hall–Kier alpha value is -1.73. The van der Waals surface area contributed by atoms with Crippen LogP contribution in [0.5, 0.6) is 0 Å². The van der Waals surface area contributed by atoms with Crippen molar-refractivity contribution in [1.82, 2.24) is 20.2 Å². The molecule has 0 fully saturated rings. The minimum Gasteiger partial charge on any atom is -0.596 e. The second-order valence-corrected chi connectivity index (χ2v) is 1.61. The number of rotatable bonds is 3. The second-order valence-electron chi connectivity index (χ2n) is 1.61. The van der Waals surface area contributed by atoms with Gasteiger partial charge in [0.1, 0.15) is 13.4 Å². The van der Waals surface area contributed by atoms with Gasteiger partial charge in [0.05, 0.1) is 0 Å². The molecular formula is C3H6N6O2. The van der Waals surface area contributed by atoms with Gasteiger partial charge in [-0.05, 0) is 15.3 Å². The highest BCUT2D eigenvalue weighted by molar-refractivity contribution is 4.38. The maximum Gasteiger partial charge on any atom is 0.280 e. The van der Waals surface area contributed by atoms with E-state index in [4.69, 9.17) is 0 Å². The molecule has 8 nitrogen and oxygen atoms in total. The first kappa shape index (κ1) is 7.38. The van der Waals surface area contributed by atoms with Gasteiger partial charge >= 0.3 is 0 Å². The average molecular weight is 158 g/mol. The van der Waals surface area contributed by atoms with Gasteiger partial charge in [0, 0.05) is 0 Å². The van der Waals surface area contributed by atoms with Crippen molar-refractivity contribution in [3.8, 4) is 0 Å². The first-order valence-corrected chi connectivity index (χ1v) is 2.72. The predicted molar refractivity (Wildman–Crippen MR) is 30.9 cm³/mol. The van der Waals surface area contributed by atoms with Gasteiger partial charge in [0.25, 0.3) is 6.67 Å². The maximum atomic E-state index is 10.6. The van der Waals surface area contributed by atoms with Crippen LogP contribution >= 0.6 is 0 Å². The molecule has 0 unspecified atom stereocenters. The van der Waals surface area contributed by atoms with Crippen molar-refractivity contribution in [1.29, 1.82) is 0 Å². The molecule has 0 atom stereocenters. The van der Waals surface area contributed by atoms with Crippen LogP contribution in [0.2, 0.25) is 0 Å². The summed E-state index contributed by atoms with van der Waals surface area (Å²) in [6.07, 6.45) is 1.30. The minimum absolute atomic E-state index is 0.0825. The van der Waals surface area contributed by atoms with Gasteiger partial charge in [0.2, 0.25) is 5.28 Å². The molecule has 0 saturated carbocycles. The van der Waals surface area contributed by atoms with Crippen LogP contribution in [0.1, 0.15) is 0 Å². The Morgan fingerprint density at radius 2 is 2.64 bits per heavy atom. The van der Waals surface area contributed by atoms with Crippen molar-refractivity contribution in [2.24, 2.45) is 5.28 Å². The third kappa shape index (κ3) is 2.16. The lowest BCUT2D eigenvalue weighted by Gasteiger charge is -1.95. The molecule has 0 aromatic carbocycles. The molecular weight excluding hydrogens is 152 g/mol. The Bertz CT molecular complexity index is 230. The van der Waals surface area contributed by atoms with E-state index in [1.165, 1.54) is 18.1 Å². The molecule has 1 aromatic rings. The zero-order valence-corrected chi connectivity index (χ0v) is 5.78. The number of tetrazole rings is 1. The molecule has 11 heavy (non-hydrogen) atoms. The summed E-state index contributed by atoms with van der Waals surface area (Å²) in [5.41, 5.74) is 0. The lowest BCUT2D eigenvalue weighted by molar-refractivity contribution is -0.587. The number of hydrogen-bond donors (Lipinski definition) is 0. The van der Waals surface area contributed by atoms with Crippen LogP contribution in [0.3, 0.4) is 0 Å². The Balaban J connectivity index is 2.50. The molecule has 1 rings (SSSR count). The second kappa shape index (κ2) is 3.44. The van der Waals surface area contributed by atoms with E-state index < -0.39 is 0 Å². The van der Waals surface area contributed by atoms with Crippen LogP contribution in [-0.4, -0.2) is 32.2 Å². The molecule has 0 aliphatic rings. The van der Waals surface area contributed by atoms with E-state index in [0.717, 1.165) is 0 Å². The zero-order valence-electron chi connectivity index (χ0n) is 5.78. The summed E-state index contributed by atoms with van der Waals surface area (Å²) in [4.78, 5) is 4.52. The van der Waals surface area contributed by atoms with Gasteiger partial charge in [-0.15, -0.1) is 5.10 Å². The van der Waals surface area contributed by atoms with Gasteiger partial charge in [-0.2, -0.15) is 4.68 Å². The van der Waals surface area contributed by atoms with E-state index in [1.54, 1.807) is 0 Å². The quantitative estimate of drug-likeness (QED) is 0.324. The number of aromatic nitrogens is 4. The van der Waals surface area contributed by atoms with Crippen LogP contribution in [-0.2, 0) is 11.5 Å². The molecule has 0 saturated heterocycles. The van der Waals surface area contributed by atoms with Crippen LogP contribution < -0.4 is 0 Å². The maximum absolute atomic E-state index is 10.6. The van der Waals surface area contributed by atoms with Crippen LogP contribution in [0.4, 0.5) is 0 Å². The van der Waals surface area contributed by atoms with Crippen LogP contribution in [0.15, 0.2) is 11.6 Å². The Labute approximate surface area is 61.6 Å². The fraction of sp³-hybridized carbons (Fsp3) is 0.667. The van der Waals surface area contributed by atoms with Crippen molar-refractivity contribution in [2.45, 2.75) is 6.67 Å². The Morgan fingerprint density at radius 3 is 3.18 bits per heavy atom. The van der Waals surface area contributed by atoms with Gasteiger partial charge in [0.15, 0.2) is 0 Å². The molecule has 0 aliphatic heterocycles. The van der Waals surface area contributed by atoms with E-state index in [-0.39, 0.29) is 6.67 Å². The summed E-state index contributed by atoms with van der Waals surface area (Å²) >= 11 is 0. The smallest absolute Gasteiger partial charge is 0.280 e. The van der Waals surface area contributed by atoms with Crippen molar-refractivity contribution in [2.75, 3.05) is 7.11 Å². The standard InChI is InChI=1S/C3H6N6O2/c1-11-7-9(10)3-8-2-4-5-6-8/h2H,3H2,1H3. The van der Waals surface area contributed by atoms with E-state index >= 15 is 0 Å². The van der Waals surface area contributed by atoms with Gasteiger partial charge in [-0.3, -0.25) is 0 Å². The largest absolute Gasteiger partial charge is 0.596 e. The third-order valence-corrected chi connectivity index (χ3v) is 0.830. The molecule has 0 spiro atoms. The molecule has 0 radical (unpaired) electrons. The SMILES string of the molecule is CON=[N+]([O-])Cn1cnnn1.